The second-order valence-corrected chi connectivity index (χ2v) is 5.92. The first kappa shape index (κ1) is 15.9. The van der Waals surface area contributed by atoms with Gasteiger partial charge in [-0.25, -0.2) is 0 Å². The Morgan fingerprint density at radius 2 is 1.71 bits per heavy atom. The Bertz CT molecular complexity index is 558. The Hall–Kier alpha value is -1.51. The molecule has 0 bridgehead atoms. The van der Waals surface area contributed by atoms with Crippen molar-refractivity contribution in [2.24, 2.45) is 5.73 Å². The minimum absolute atomic E-state index is 0.00883. The number of hydrogen-bond acceptors (Lipinski definition) is 2. The lowest BCUT2D eigenvalue weighted by atomic mass is 9.79. The average Bonchev–Trinajstić information content (AvgIpc) is 2.54. The molecule has 1 unspecified atom stereocenters. The molecule has 2 rings (SSSR count). The van der Waals surface area contributed by atoms with E-state index >= 15 is 0 Å². The van der Waals surface area contributed by atoms with Crippen molar-refractivity contribution in [1.82, 2.24) is 0 Å². The third-order valence-electron chi connectivity index (χ3n) is 3.89. The summed E-state index contributed by atoms with van der Waals surface area (Å²) in [6.45, 7) is 3.48. The Balaban J connectivity index is 1.88. The van der Waals surface area contributed by atoms with E-state index in [1.54, 1.807) is 0 Å². The zero-order valence-electron chi connectivity index (χ0n) is 12.4. The molecule has 0 amide bonds. The van der Waals surface area contributed by atoms with Crippen LogP contribution in [0.2, 0.25) is 5.02 Å². The molecule has 0 aliphatic heterocycles. The van der Waals surface area contributed by atoms with E-state index in [-0.39, 0.29) is 5.41 Å². The van der Waals surface area contributed by atoms with Crippen molar-refractivity contribution in [2.45, 2.75) is 25.2 Å². The predicted molar refractivity (Wildman–Crippen MR) is 89.0 cm³/mol. The van der Waals surface area contributed by atoms with Gasteiger partial charge in [-0.1, -0.05) is 61.0 Å². The van der Waals surface area contributed by atoms with Crippen LogP contribution in [-0.2, 0) is 5.41 Å². The minimum atomic E-state index is -0.00883. The van der Waals surface area contributed by atoms with Crippen LogP contribution in [0.4, 0.5) is 0 Å². The van der Waals surface area contributed by atoms with Crippen LogP contribution in [0.25, 0.3) is 0 Å². The van der Waals surface area contributed by atoms with Gasteiger partial charge in [0.05, 0.1) is 11.6 Å². The summed E-state index contributed by atoms with van der Waals surface area (Å²) in [6.07, 6.45) is 1.92. The number of ether oxygens (including phenoxy) is 1. The van der Waals surface area contributed by atoms with E-state index < -0.39 is 0 Å². The lowest BCUT2D eigenvalue weighted by molar-refractivity contribution is 0.285. The van der Waals surface area contributed by atoms with Gasteiger partial charge in [-0.3, -0.25) is 0 Å². The van der Waals surface area contributed by atoms with Crippen LogP contribution in [0.5, 0.6) is 5.75 Å². The summed E-state index contributed by atoms with van der Waals surface area (Å²) in [5, 5.41) is 0.655. The highest BCUT2D eigenvalue weighted by molar-refractivity contribution is 6.32. The van der Waals surface area contributed by atoms with E-state index in [9.17, 15) is 0 Å². The van der Waals surface area contributed by atoms with Gasteiger partial charge in [0.15, 0.2) is 0 Å². The summed E-state index contributed by atoms with van der Waals surface area (Å²) < 4.78 is 5.74. The summed E-state index contributed by atoms with van der Waals surface area (Å²) in [7, 11) is 0. The van der Waals surface area contributed by atoms with Gasteiger partial charge in [0.25, 0.3) is 0 Å². The molecule has 0 heterocycles. The van der Waals surface area contributed by atoms with E-state index in [2.05, 4.69) is 31.2 Å². The first-order chi connectivity index (χ1) is 10.2. The van der Waals surface area contributed by atoms with Gasteiger partial charge < -0.3 is 10.5 Å². The molecule has 0 radical (unpaired) electrons. The fraction of sp³-hybridized carbons (Fsp3) is 0.333. The Morgan fingerprint density at radius 3 is 2.38 bits per heavy atom. The molecule has 0 spiro atoms. The number of hydrogen-bond donors (Lipinski definition) is 1. The monoisotopic (exact) mass is 303 g/mol. The zero-order chi connectivity index (χ0) is 15.1. The smallest absolute Gasteiger partial charge is 0.137 e. The normalized spacial score (nSPS) is 13.7. The number of nitrogens with two attached hydrogens (primary N) is 1. The lowest BCUT2D eigenvalue weighted by Gasteiger charge is -2.28. The highest BCUT2D eigenvalue weighted by Gasteiger charge is 2.24. The Labute approximate surface area is 131 Å². The van der Waals surface area contributed by atoms with Crippen molar-refractivity contribution in [3.63, 3.8) is 0 Å². The minimum Gasteiger partial charge on any atom is -0.492 e. The molecule has 0 saturated carbocycles. The molecule has 0 aliphatic rings. The third kappa shape index (κ3) is 4.23. The molecule has 2 N–H and O–H groups in total. The average molecular weight is 304 g/mol. The summed E-state index contributed by atoms with van der Waals surface area (Å²) in [5.74, 6) is 0.744. The van der Waals surface area contributed by atoms with E-state index in [0.717, 1.165) is 18.6 Å². The molecule has 1 atom stereocenters. The maximum atomic E-state index is 6.07. The summed E-state index contributed by atoms with van der Waals surface area (Å²) in [5.41, 5.74) is 7.27. The molecule has 21 heavy (non-hydrogen) atoms. The number of rotatable bonds is 7. The van der Waals surface area contributed by atoms with Crippen molar-refractivity contribution in [3.05, 3.63) is 65.2 Å². The molecule has 0 aromatic heterocycles. The highest BCUT2D eigenvalue weighted by atomic mass is 35.5. The lowest BCUT2D eigenvalue weighted by Crippen LogP contribution is -2.32. The van der Waals surface area contributed by atoms with Gasteiger partial charge in [0, 0.05) is 12.0 Å². The van der Waals surface area contributed by atoms with Crippen molar-refractivity contribution in [2.75, 3.05) is 13.2 Å². The van der Waals surface area contributed by atoms with Crippen molar-refractivity contribution < 1.29 is 4.74 Å². The van der Waals surface area contributed by atoms with Gasteiger partial charge >= 0.3 is 0 Å². The predicted octanol–water partition coefficient (Wildman–Crippen LogP) is 4.42. The first-order valence-electron chi connectivity index (χ1n) is 7.29. The van der Waals surface area contributed by atoms with E-state index in [4.69, 9.17) is 22.1 Å². The maximum Gasteiger partial charge on any atom is 0.137 e. The number of halogens is 1. The number of para-hydroxylation sites is 1. The van der Waals surface area contributed by atoms with Crippen LogP contribution in [0.1, 0.15) is 25.3 Å². The summed E-state index contributed by atoms with van der Waals surface area (Å²) in [4.78, 5) is 0. The van der Waals surface area contributed by atoms with Crippen LogP contribution in [0.15, 0.2) is 54.6 Å². The molecule has 0 saturated heterocycles. The van der Waals surface area contributed by atoms with Crippen LogP contribution in [-0.4, -0.2) is 13.2 Å². The third-order valence-corrected chi connectivity index (χ3v) is 4.20. The second-order valence-electron chi connectivity index (χ2n) is 5.51. The standard InChI is InChI=1S/C18H22ClNO/c1-18(14-20,15-8-3-2-4-9-15)12-7-13-21-17-11-6-5-10-16(17)19/h2-6,8-11H,7,12-14,20H2,1H3. The van der Waals surface area contributed by atoms with Crippen LogP contribution < -0.4 is 10.5 Å². The molecule has 0 fully saturated rings. The number of benzene rings is 2. The van der Waals surface area contributed by atoms with Gasteiger partial charge in [-0.05, 0) is 30.5 Å². The highest BCUT2D eigenvalue weighted by Crippen LogP contribution is 2.28. The second kappa shape index (κ2) is 7.48. The van der Waals surface area contributed by atoms with Crippen molar-refractivity contribution >= 4 is 11.6 Å². The quantitative estimate of drug-likeness (QED) is 0.769. The topological polar surface area (TPSA) is 35.2 Å². The van der Waals surface area contributed by atoms with E-state index in [0.29, 0.717) is 18.2 Å². The van der Waals surface area contributed by atoms with Crippen LogP contribution in [0, 0.1) is 0 Å². The van der Waals surface area contributed by atoms with Crippen LogP contribution in [0.3, 0.4) is 0 Å². The molecular formula is C18H22ClNO. The largest absolute Gasteiger partial charge is 0.492 e. The van der Waals surface area contributed by atoms with Crippen LogP contribution >= 0.6 is 11.6 Å². The summed E-state index contributed by atoms with van der Waals surface area (Å²) in [6, 6.07) is 18.0. The molecule has 0 aliphatic carbocycles. The first-order valence-corrected chi connectivity index (χ1v) is 7.66. The van der Waals surface area contributed by atoms with Crippen molar-refractivity contribution in [3.8, 4) is 5.75 Å². The molecule has 2 aromatic carbocycles. The molecular weight excluding hydrogens is 282 g/mol. The maximum absolute atomic E-state index is 6.07. The molecule has 2 aromatic rings. The molecule has 3 heteroatoms. The van der Waals surface area contributed by atoms with Gasteiger partial charge in [0.1, 0.15) is 5.75 Å². The van der Waals surface area contributed by atoms with E-state index in [1.165, 1.54) is 5.56 Å². The Morgan fingerprint density at radius 1 is 1.05 bits per heavy atom. The van der Waals surface area contributed by atoms with E-state index in [1.807, 2.05) is 30.3 Å². The summed E-state index contributed by atoms with van der Waals surface area (Å²) >= 11 is 6.07. The van der Waals surface area contributed by atoms with Crippen molar-refractivity contribution in [1.29, 1.82) is 0 Å². The fourth-order valence-corrected chi connectivity index (χ4v) is 2.60. The fourth-order valence-electron chi connectivity index (χ4n) is 2.41. The zero-order valence-corrected chi connectivity index (χ0v) is 13.1. The van der Waals surface area contributed by atoms with Gasteiger partial charge in [-0.15, -0.1) is 0 Å². The molecule has 112 valence electrons. The van der Waals surface area contributed by atoms with Gasteiger partial charge in [-0.2, -0.15) is 0 Å². The Kier molecular flexibility index (Phi) is 5.66. The SMILES string of the molecule is CC(CN)(CCCOc1ccccc1Cl)c1ccccc1. The molecule has 2 nitrogen and oxygen atoms in total. The van der Waals surface area contributed by atoms with Gasteiger partial charge in [0.2, 0.25) is 0 Å².